The summed E-state index contributed by atoms with van der Waals surface area (Å²) in [7, 11) is 0. The third kappa shape index (κ3) is 3.37. The van der Waals surface area contributed by atoms with Gasteiger partial charge in [0.1, 0.15) is 0 Å². The molecule has 1 heterocycles. The van der Waals surface area contributed by atoms with Crippen molar-refractivity contribution in [1.29, 1.82) is 0 Å². The smallest absolute Gasteiger partial charge is 0.0323 e. The van der Waals surface area contributed by atoms with Gasteiger partial charge in [-0.1, -0.05) is 38.1 Å². The lowest BCUT2D eigenvalue weighted by Crippen LogP contribution is -2.54. The van der Waals surface area contributed by atoms with Crippen LogP contribution in [0, 0.1) is 0 Å². The quantitative estimate of drug-likeness (QED) is 0.894. The molecule has 1 aromatic rings. The van der Waals surface area contributed by atoms with Gasteiger partial charge in [0.2, 0.25) is 0 Å². The Morgan fingerprint density at radius 3 is 2.21 bits per heavy atom. The van der Waals surface area contributed by atoms with E-state index in [1.165, 1.54) is 11.1 Å². The van der Waals surface area contributed by atoms with E-state index in [1.54, 1.807) is 0 Å². The van der Waals surface area contributed by atoms with Crippen molar-refractivity contribution in [2.24, 2.45) is 0 Å². The number of nitrogens with one attached hydrogen (secondary N) is 1. The highest BCUT2D eigenvalue weighted by Crippen LogP contribution is 2.26. The van der Waals surface area contributed by atoms with Gasteiger partial charge in [-0.3, -0.25) is 4.90 Å². The van der Waals surface area contributed by atoms with Gasteiger partial charge in [0, 0.05) is 31.2 Å². The predicted octanol–water partition coefficient (Wildman–Crippen LogP) is 3.55. The third-order valence-corrected chi connectivity index (χ3v) is 4.40. The first-order chi connectivity index (χ1) is 8.99. The Labute approximate surface area is 118 Å². The number of rotatable bonds is 3. The Morgan fingerprint density at radius 2 is 1.63 bits per heavy atom. The molecule has 3 atom stereocenters. The standard InChI is InChI=1S/C17H28N2/c1-12(2)16-6-8-17(9-7-16)15(5)19-11-13(3)18-10-14(19)4/h6-9,12-15,18H,10-11H2,1-5H3. The SMILES string of the molecule is CC1CN(C(C)c2ccc(C(C)C)cc2)C(C)CN1. The van der Waals surface area contributed by atoms with Crippen LogP contribution in [0.1, 0.15) is 57.7 Å². The molecule has 1 aromatic carbocycles. The first kappa shape index (κ1) is 14.5. The zero-order valence-electron chi connectivity index (χ0n) is 13.0. The molecule has 1 fully saturated rings. The first-order valence-electron chi connectivity index (χ1n) is 7.58. The average Bonchev–Trinajstić information content (AvgIpc) is 2.41. The van der Waals surface area contributed by atoms with Crippen LogP contribution in [0.4, 0.5) is 0 Å². The number of nitrogens with zero attached hydrogens (tertiary/aromatic N) is 1. The summed E-state index contributed by atoms with van der Waals surface area (Å²) < 4.78 is 0. The van der Waals surface area contributed by atoms with E-state index in [0.29, 0.717) is 24.0 Å². The fourth-order valence-electron chi connectivity index (χ4n) is 2.94. The Kier molecular flexibility index (Phi) is 4.64. The summed E-state index contributed by atoms with van der Waals surface area (Å²) in [6.07, 6.45) is 0. The minimum Gasteiger partial charge on any atom is -0.311 e. The molecule has 2 rings (SSSR count). The van der Waals surface area contributed by atoms with Gasteiger partial charge in [0.05, 0.1) is 0 Å². The highest BCUT2D eigenvalue weighted by molar-refractivity contribution is 5.26. The number of benzene rings is 1. The topological polar surface area (TPSA) is 15.3 Å². The lowest BCUT2D eigenvalue weighted by molar-refractivity contribution is 0.103. The minimum atomic E-state index is 0.501. The number of hydrogen-bond donors (Lipinski definition) is 1. The summed E-state index contributed by atoms with van der Waals surface area (Å²) in [5.41, 5.74) is 2.86. The maximum atomic E-state index is 3.55. The molecule has 1 saturated heterocycles. The molecule has 0 radical (unpaired) electrons. The molecule has 0 aliphatic carbocycles. The molecule has 2 heteroatoms. The van der Waals surface area contributed by atoms with Gasteiger partial charge >= 0.3 is 0 Å². The first-order valence-corrected chi connectivity index (χ1v) is 7.58. The molecular formula is C17H28N2. The van der Waals surface area contributed by atoms with Crippen molar-refractivity contribution in [3.63, 3.8) is 0 Å². The van der Waals surface area contributed by atoms with Crippen molar-refractivity contribution in [2.45, 2.75) is 58.7 Å². The summed E-state index contributed by atoms with van der Waals surface area (Å²) in [6.45, 7) is 13.6. The van der Waals surface area contributed by atoms with Crippen molar-refractivity contribution >= 4 is 0 Å². The summed E-state index contributed by atoms with van der Waals surface area (Å²) in [4.78, 5) is 2.62. The van der Waals surface area contributed by atoms with Crippen LogP contribution in [0.2, 0.25) is 0 Å². The highest BCUT2D eigenvalue weighted by Gasteiger charge is 2.26. The minimum absolute atomic E-state index is 0.501. The van der Waals surface area contributed by atoms with Crippen LogP contribution >= 0.6 is 0 Å². The van der Waals surface area contributed by atoms with Gasteiger partial charge in [-0.25, -0.2) is 0 Å². The van der Waals surface area contributed by atoms with E-state index in [1.807, 2.05) is 0 Å². The van der Waals surface area contributed by atoms with Gasteiger partial charge in [0.25, 0.3) is 0 Å². The Morgan fingerprint density at radius 1 is 1.05 bits per heavy atom. The third-order valence-electron chi connectivity index (χ3n) is 4.40. The predicted molar refractivity (Wildman–Crippen MR) is 82.6 cm³/mol. The molecule has 106 valence electrons. The molecule has 19 heavy (non-hydrogen) atoms. The molecule has 0 bridgehead atoms. The van der Waals surface area contributed by atoms with Gasteiger partial charge in [-0.05, 0) is 37.8 Å². The van der Waals surface area contributed by atoms with Crippen molar-refractivity contribution in [2.75, 3.05) is 13.1 Å². The van der Waals surface area contributed by atoms with Crippen molar-refractivity contribution in [3.8, 4) is 0 Å². The molecule has 1 aliphatic heterocycles. The van der Waals surface area contributed by atoms with Crippen LogP contribution in [-0.4, -0.2) is 30.1 Å². The van der Waals surface area contributed by atoms with E-state index < -0.39 is 0 Å². The van der Waals surface area contributed by atoms with E-state index in [9.17, 15) is 0 Å². The maximum Gasteiger partial charge on any atom is 0.0323 e. The zero-order valence-corrected chi connectivity index (χ0v) is 13.0. The Balaban J connectivity index is 2.11. The molecule has 3 unspecified atom stereocenters. The van der Waals surface area contributed by atoms with Crippen molar-refractivity contribution in [1.82, 2.24) is 10.2 Å². The molecule has 0 saturated carbocycles. The molecule has 0 amide bonds. The Hall–Kier alpha value is -0.860. The van der Waals surface area contributed by atoms with E-state index >= 15 is 0 Å². The molecule has 2 nitrogen and oxygen atoms in total. The number of piperazine rings is 1. The van der Waals surface area contributed by atoms with E-state index in [4.69, 9.17) is 0 Å². The lowest BCUT2D eigenvalue weighted by atomic mass is 9.97. The van der Waals surface area contributed by atoms with Crippen molar-refractivity contribution in [3.05, 3.63) is 35.4 Å². The molecule has 0 aromatic heterocycles. The van der Waals surface area contributed by atoms with Gasteiger partial charge < -0.3 is 5.32 Å². The fraction of sp³-hybridized carbons (Fsp3) is 0.647. The van der Waals surface area contributed by atoms with E-state index in [2.05, 4.69) is 69.1 Å². The molecule has 0 spiro atoms. The Bertz CT molecular complexity index is 396. The highest BCUT2D eigenvalue weighted by atomic mass is 15.2. The maximum absolute atomic E-state index is 3.55. The molecule has 1 N–H and O–H groups in total. The van der Waals surface area contributed by atoms with Crippen LogP contribution in [0.15, 0.2) is 24.3 Å². The summed E-state index contributed by atoms with van der Waals surface area (Å²) in [5, 5.41) is 3.55. The van der Waals surface area contributed by atoms with Gasteiger partial charge in [-0.15, -0.1) is 0 Å². The average molecular weight is 260 g/mol. The van der Waals surface area contributed by atoms with E-state index in [0.717, 1.165) is 13.1 Å². The fourth-order valence-corrected chi connectivity index (χ4v) is 2.94. The zero-order chi connectivity index (χ0) is 14.0. The lowest BCUT2D eigenvalue weighted by Gasteiger charge is -2.41. The molecular weight excluding hydrogens is 232 g/mol. The van der Waals surface area contributed by atoms with Crippen LogP contribution < -0.4 is 5.32 Å². The number of hydrogen-bond acceptors (Lipinski definition) is 2. The second-order valence-electron chi connectivity index (χ2n) is 6.35. The second-order valence-corrected chi connectivity index (χ2v) is 6.35. The van der Waals surface area contributed by atoms with Gasteiger partial charge in [-0.2, -0.15) is 0 Å². The van der Waals surface area contributed by atoms with Crippen LogP contribution in [0.5, 0.6) is 0 Å². The van der Waals surface area contributed by atoms with Crippen LogP contribution in [0.25, 0.3) is 0 Å². The summed E-state index contributed by atoms with van der Waals surface area (Å²) in [5.74, 6) is 0.613. The van der Waals surface area contributed by atoms with E-state index in [-0.39, 0.29) is 0 Å². The van der Waals surface area contributed by atoms with Crippen molar-refractivity contribution < 1.29 is 0 Å². The monoisotopic (exact) mass is 260 g/mol. The summed E-state index contributed by atoms with van der Waals surface area (Å²) >= 11 is 0. The van der Waals surface area contributed by atoms with Crippen LogP contribution in [-0.2, 0) is 0 Å². The van der Waals surface area contributed by atoms with Crippen LogP contribution in [0.3, 0.4) is 0 Å². The normalized spacial score (nSPS) is 26.6. The second kappa shape index (κ2) is 6.06. The largest absolute Gasteiger partial charge is 0.311 e. The summed E-state index contributed by atoms with van der Waals surface area (Å²) in [6, 6.07) is 10.9. The van der Waals surface area contributed by atoms with Gasteiger partial charge in [0.15, 0.2) is 0 Å². The molecule has 1 aliphatic rings.